The lowest BCUT2D eigenvalue weighted by Crippen LogP contribution is -2.37. The standard InChI is InChI=1S/C26H30N6/c1-18(19(2)30-23-7-9-26(29-16-23)32-10-5-11-32)24-13-21(6-8-25(24)27)22-12-20(14-28-15-22)17-31(3)4/h6-9,12-16,30H,1-2,5,10-11,17,27H2,3-4H3. The molecule has 0 bridgehead atoms. The summed E-state index contributed by atoms with van der Waals surface area (Å²) >= 11 is 0. The Morgan fingerprint density at radius 2 is 1.88 bits per heavy atom. The highest BCUT2D eigenvalue weighted by Gasteiger charge is 2.15. The Hall–Kier alpha value is -3.64. The fraction of sp³-hybridized carbons (Fsp3) is 0.231. The zero-order valence-corrected chi connectivity index (χ0v) is 18.8. The topological polar surface area (TPSA) is 70.3 Å². The third kappa shape index (κ3) is 4.81. The molecule has 2 aromatic heterocycles. The van der Waals surface area contributed by atoms with Crippen LogP contribution in [0.15, 0.2) is 73.8 Å². The van der Waals surface area contributed by atoms with Gasteiger partial charge in [-0.1, -0.05) is 19.2 Å². The van der Waals surface area contributed by atoms with Crippen LogP contribution in [0.3, 0.4) is 0 Å². The first-order chi connectivity index (χ1) is 15.4. The van der Waals surface area contributed by atoms with Crippen LogP contribution < -0.4 is 16.0 Å². The summed E-state index contributed by atoms with van der Waals surface area (Å²) in [4.78, 5) is 13.3. The molecule has 0 unspecified atom stereocenters. The van der Waals surface area contributed by atoms with Gasteiger partial charge in [0.05, 0.1) is 11.9 Å². The molecule has 164 valence electrons. The predicted octanol–water partition coefficient (Wildman–Crippen LogP) is 4.64. The maximum Gasteiger partial charge on any atom is 0.128 e. The minimum atomic E-state index is 0.658. The number of hydrogen-bond donors (Lipinski definition) is 2. The zero-order valence-electron chi connectivity index (χ0n) is 18.8. The third-order valence-electron chi connectivity index (χ3n) is 5.59. The second-order valence-electron chi connectivity index (χ2n) is 8.45. The van der Waals surface area contributed by atoms with Crippen molar-refractivity contribution in [1.29, 1.82) is 0 Å². The van der Waals surface area contributed by atoms with Gasteiger partial charge in [-0.2, -0.15) is 0 Å². The maximum atomic E-state index is 6.30. The molecule has 3 N–H and O–H groups in total. The van der Waals surface area contributed by atoms with E-state index in [1.807, 2.05) is 63.0 Å². The van der Waals surface area contributed by atoms with Crippen molar-refractivity contribution < 1.29 is 0 Å². The van der Waals surface area contributed by atoms with Crippen molar-refractivity contribution in [2.24, 2.45) is 0 Å². The van der Waals surface area contributed by atoms with Gasteiger partial charge in [0.25, 0.3) is 0 Å². The van der Waals surface area contributed by atoms with Gasteiger partial charge in [0.1, 0.15) is 5.82 Å². The molecule has 1 fully saturated rings. The largest absolute Gasteiger partial charge is 0.398 e. The molecule has 6 heteroatoms. The molecule has 3 heterocycles. The van der Waals surface area contributed by atoms with E-state index in [9.17, 15) is 0 Å². The molecule has 4 rings (SSSR count). The summed E-state index contributed by atoms with van der Waals surface area (Å²) in [6.07, 6.45) is 6.83. The van der Waals surface area contributed by atoms with Gasteiger partial charge in [0, 0.05) is 54.5 Å². The molecule has 1 aromatic carbocycles. The Morgan fingerprint density at radius 3 is 2.53 bits per heavy atom. The second kappa shape index (κ2) is 9.24. The molecule has 0 amide bonds. The van der Waals surface area contributed by atoms with E-state index in [-0.39, 0.29) is 0 Å². The molecule has 1 saturated heterocycles. The second-order valence-corrected chi connectivity index (χ2v) is 8.45. The van der Waals surface area contributed by atoms with Crippen LogP contribution in [-0.4, -0.2) is 42.1 Å². The molecule has 0 spiro atoms. The highest BCUT2D eigenvalue weighted by atomic mass is 15.2. The lowest BCUT2D eigenvalue weighted by atomic mass is 9.97. The van der Waals surface area contributed by atoms with E-state index in [0.29, 0.717) is 11.4 Å². The Bertz CT molecular complexity index is 1130. The molecule has 6 nitrogen and oxygen atoms in total. The number of anilines is 3. The van der Waals surface area contributed by atoms with Crippen molar-refractivity contribution in [2.75, 3.05) is 43.1 Å². The van der Waals surface area contributed by atoms with E-state index in [4.69, 9.17) is 5.73 Å². The molecular formula is C26H30N6. The lowest BCUT2D eigenvalue weighted by Gasteiger charge is -2.32. The van der Waals surface area contributed by atoms with Crippen molar-refractivity contribution >= 4 is 22.8 Å². The lowest BCUT2D eigenvalue weighted by molar-refractivity contribution is 0.402. The molecule has 32 heavy (non-hydrogen) atoms. The summed E-state index contributed by atoms with van der Waals surface area (Å²) in [5, 5.41) is 3.31. The minimum Gasteiger partial charge on any atom is -0.398 e. The van der Waals surface area contributed by atoms with Gasteiger partial charge in [0.15, 0.2) is 0 Å². The third-order valence-corrected chi connectivity index (χ3v) is 5.59. The van der Waals surface area contributed by atoms with E-state index in [1.165, 1.54) is 6.42 Å². The summed E-state index contributed by atoms with van der Waals surface area (Å²) < 4.78 is 0. The van der Waals surface area contributed by atoms with Crippen molar-refractivity contribution in [2.45, 2.75) is 13.0 Å². The SMILES string of the molecule is C=C(Nc1ccc(N2CCC2)nc1)C(=C)c1cc(-c2cncc(CN(C)C)c2)ccc1N. The highest BCUT2D eigenvalue weighted by Crippen LogP contribution is 2.31. The predicted molar refractivity (Wildman–Crippen MR) is 134 cm³/mol. The van der Waals surface area contributed by atoms with Crippen LogP contribution in [0.2, 0.25) is 0 Å². The number of rotatable bonds is 8. The monoisotopic (exact) mass is 426 g/mol. The summed E-state index contributed by atoms with van der Waals surface area (Å²) in [5.74, 6) is 1.01. The number of pyridine rings is 2. The first kappa shape index (κ1) is 21.6. The summed E-state index contributed by atoms with van der Waals surface area (Å²) in [7, 11) is 4.09. The molecule has 3 aromatic rings. The van der Waals surface area contributed by atoms with Crippen LogP contribution in [-0.2, 0) is 6.54 Å². The van der Waals surface area contributed by atoms with Crippen molar-refractivity contribution in [1.82, 2.24) is 14.9 Å². The van der Waals surface area contributed by atoms with Gasteiger partial charge in [0.2, 0.25) is 0 Å². The van der Waals surface area contributed by atoms with Crippen LogP contribution in [0.4, 0.5) is 17.2 Å². The fourth-order valence-corrected chi connectivity index (χ4v) is 3.70. The number of nitrogen functional groups attached to an aromatic ring is 1. The number of hydrogen-bond acceptors (Lipinski definition) is 6. The number of benzene rings is 1. The van der Waals surface area contributed by atoms with Crippen LogP contribution >= 0.6 is 0 Å². The van der Waals surface area contributed by atoms with E-state index < -0.39 is 0 Å². The van der Waals surface area contributed by atoms with E-state index in [2.05, 4.69) is 44.3 Å². The maximum absolute atomic E-state index is 6.30. The average molecular weight is 427 g/mol. The minimum absolute atomic E-state index is 0.658. The van der Waals surface area contributed by atoms with Crippen LogP contribution in [0.1, 0.15) is 17.5 Å². The van der Waals surface area contributed by atoms with Gasteiger partial charge >= 0.3 is 0 Å². The van der Waals surface area contributed by atoms with Gasteiger partial charge in [-0.3, -0.25) is 4.98 Å². The quantitative estimate of drug-likeness (QED) is 0.404. The number of nitrogens with zero attached hydrogens (tertiary/aromatic N) is 4. The number of nitrogens with one attached hydrogen (secondary N) is 1. The Morgan fingerprint density at radius 1 is 1.06 bits per heavy atom. The van der Waals surface area contributed by atoms with Gasteiger partial charge in [-0.15, -0.1) is 0 Å². The molecular weight excluding hydrogens is 396 g/mol. The first-order valence-electron chi connectivity index (χ1n) is 10.8. The molecule has 0 radical (unpaired) electrons. The Labute approximate surface area is 190 Å². The van der Waals surface area contributed by atoms with Crippen LogP contribution in [0.25, 0.3) is 16.7 Å². The van der Waals surface area contributed by atoms with Gasteiger partial charge in [-0.05, 0) is 67.5 Å². The molecule has 0 saturated carbocycles. The van der Waals surface area contributed by atoms with E-state index >= 15 is 0 Å². The first-order valence-corrected chi connectivity index (χ1v) is 10.8. The van der Waals surface area contributed by atoms with Gasteiger partial charge in [-0.25, -0.2) is 4.98 Å². The van der Waals surface area contributed by atoms with Crippen LogP contribution in [0, 0.1) is 0 Å². The number of aromatic nitrogens is 2. The highest BCUT2D eigenvalue weighted by molar-refractivity contribution is 5.87. The summed E-state index contributed by atoms with van der Waals surface area (Å²) in [6, 6.07) is 12.2. The van der Waals surface area contributed by atoms with E-state index in [0.717, 1.165) is 59.0 Å². The smallest absolute Gasteiger partial charge is 0.128 e. The normalized spacial score (nSPS) is 13.0. The summed E-state index contributed by atoms with van der Waals surface area (Å²) in [5.41, 5.74) is 13.4. The Balaban J connectivity index is 1.51. The van der Waals surface area contributed by atoms with Crippen molar-refractivity contribution in [3.05, 3.63) is 85.0 Å². The van der Waals surface area contributed by atoms with E-state index in [1.54, 1.807) is 0 Å². The van der Waals surface area contributed by atoms with Crippen LogP contribution in [0.5, 0.6) is 0 Å². The molecule has 0 atom stereocenters. The fourth-order valence-electron chi connectivity index (χ4n) is 3.70. The van der Waals surface area contributed by atoms with Crippen molar-refractivity contribution in [3.8, 4) is 11.1 Å². The molecule has 1 aliphatic rings. The summed E-state index contributed by atoms with van der Waals surface area (Å²) in [6.45, 7) is 11.4. The number of allylic oxidation sites excluding steroid dienone is 1. The molecule has 1 aliphatic heterocycles. The zero-order chi connectivity index (χ0) is 22.7. The average Bonchev–Trinajstić information content (AvgIpc) is 2.73. The van der Waals surface area contributed by atoms with Gasteiger partial charge < -0.3 is 20.9 Å². The molecule has 0 aliphatic carbocycles. The van der Waals surface area contributed by atoms with Crippen molar-refractivity contribution in [3.63, 3.8) is 0 Å². The Kier molecular flexibility index (Phi) is 6.23. The number of nitrogens with two attached hydrogens (primary N) is 1.